The minimum absolute atomic E-state index is 0.209. The molecule has 1 aliphatic heterocycles. The highest BCUT2D eigenvalue weighted by molar-refractivity contribution is 5.99. The van der Waals surface area contributed by atoms with Crippen LogP contribution in [0.25, 0.3) is 16.7 Å². The Kier molecular flexibility index (Phi) is 6.89. The second kappa shape index (κ2) is 10.4. The summed E-state index contributed by atoms with van der Waals surface area (Å²) in [5.74, 6) is -0.436. The number of rotatable bonds is 6. The van der Waals surface area contributed by atoms with Gasteiger partial charge in [-0.15, -0.1) is 0 Å². The molecule has 1 aliphatic rings. The van der Waals surface area contributed by atoms with Crippen LogP contribution < -0.4 is 21.0 Å². The molecule has 0 spiro atoms. The van der Waals surface area contributed by atoms with Gasteiger partial charge in [0.25, 0.3) is 0 Å². The molecule has 38 heavy (non-hydrogen) atoms. The summed E-state index contributed by atoms with van der Waals surface area (Å²) in [5, 5.41) is 6.14. The molecular weight excluding hydrogens is 485 g/mol. The monoisotopic (exact) mass is 513 g/mol. The number of hydrogen-bond acceptors (Lipinski definition) is 7. The van der Waals surface area contributed by atoms with E-state index in [1.54, 1.807) is 37.3 Å². The van der Waals surface area contributed by atoms with E-state index in [0.29, 0.717) is 39.5 Å². The zero-order valence-corrected chi connectivity index (χ0v) is 21.2. The van der Waals surface area contributed by atoms with Crippen molar-refractivity contribution in [2.75, 3.05) is 48.8 Å². The number of amides is 1. The van der Waals surface area contributed by atoms with E-state index in [4.69, 9.17) is 0 Å². The van der Waals surface area contributed by atoms with Crippen LogP contribution >= 0.6 is 0 Å². The van der Waals surface area contributed by atoms with Gasteiger partial charge in [-0.1, -0.05) is 12.6 Å². The number of hydrogen-bond donors (Lipinski definition) is 2. The molecule has 2 N–H and O–H groups in total. The average molecular weight is 514 g/mol. The lowest BCUT2D eigenvalue weighted by molar-refractivity contribution is -0.111. The van der Waals surface area contributed by atoms with Crippen LogP contribution in [-0.2, 0) is 4.79 Å². The van der Waals surface area contributed by atoms with E-state index in [1.807, 2.05) is 15.5 Å². The molecule has 0 bridgehead atoms. The summed E-state index contributed by atoms with van der Waals surface area (Å²) < 4.78 is 16.8. The molecule has 2 aromatic carbocycles. The number of fused-ring (bicyclic) bond motifs is 1. The Balaban J connectivity index is 1.49. The molecule has 9 nitrogen and oxygen atoms in total. The fraction of sp³-hybridized carbons (Fsp3) is 0.214. The van der Waals surface area contributed by atoms with E-state index in [-0.39, 0.29) is 23.1 Å². The fourth-order valence-corrected chi connectivity index (χ4v) is 4.54. The molecule has 1 fully saturated rings. The van der Waals surface area contributed by atoms with E-state index >= 15 is 4.39 Å². The van der Waals surface area contributed by atoms with Gasteiger partial charge in [0, 0.05) is 61.2 Å². The Morgan fingerprint density at radius 2 is 1.87 bits per heavy atom. The number of likely N-dealkylation sites (N-methyl/N-ethyl adjacent to an activating group) is 1. The van der Waals surface area contributed by atoms with Crippen LogP contribution in [0.4, 0.5) is 27.4 Å². The standard InChI is InChI=1S/C28H28FN7O2/c1-4-26(38)31-19-6-5-7-21(15-19)36-18(2)14-25(37)22-17-30-28(33-27(22)36)32-20-8-9-24(23(29)16-20)35-12-10-34(3)11-13-35/h4-9,14-17H,1,10-13H2,2-3H3,(H,31,38)(H,30,32,33). The van der Waals surface area contributed by atoms with Crippen molar-refractivity contribution in [3.63, 3.8) is 0 Å². The van der Waals surface area contributed by atoms with Gasteiger partial charge >= 0.3 is 0 Å². The van der Waals surface area contributed by atoms with Crippen LogP contribution in [0, 0.1) is 12.7 Å². The van der Waals surface area contributed by atoms with Crippen LogP contribution in [-0.4, -0.2) is 58.6 Å². The summed E-state index contributed by atoms with van der Waals surface area (Å²) in [6, 6.07) is 13.7. The first kappa shape index (κ1) is 25.1. The van der Waals surface area contributed by atoms with Gasteiger partial charge in [-0.25, -0.2) is 9.37 Å². The predicted octanol–water partition coefficient (Wildman–Crippen LogP) is 3.85. The number of anilines is 4. The number of nitrogens with one attached hydrogen (secondary N) is 2. The molecule has 1 saturated heterocycles. The van der Waals surface area contributed by atoms with E-state index in [1.165, 1.54) is 24.4 Å². The lowest BCUT2D eigenvalue weighted by Gasteiger charge is -2.34. The number of carbonyl (C=O) groups excluding carboxylic acids is 1. The molecule has 0 saturated carbocycles. The molecule has 1 amide bonds. The third kappa shape index (κ3) is 5.12. The van der Waals surface area contributed by atoms with E-state index in [2.05, 4.69) is 39.1 Å². The van der Waals surface area contributed by atoms with Crippen molar-refractivity contribution in [1.29, 1.82) is 0 Å². The van der Waals surface area contributed by atoms with Crippen molar-refractivity contribution >= 4 is 40.0 Å². The molecule has 0 unspecified atom stereocenters. The maximum Gasteiger partial charge on any atom is 0.247 e. The number of aromatic nitrogens is 3. The van der Waals surface area contributed by atoms with E-state index < -0.39 is 0 Å². The highest BCUT2D eigenvalue weighted by Gasteiger charge is 2.18. The fourth-order valence-electron chi connectivity index (χ4n) is 4.54. The molecule has 0 aliphatic carbocycles. The Bertz CT molecular complexity index is 1590. The first-order chi connectivity index (χ1) is 18.3. The van der Waals surface area contributed by atoms with Gasteiger partial charge < -0.3 is 20.4 Å². The Labute approximate surface area is 219 Å². The number of piperazine rings is 1. The number of benzene rings is 2. The van der Waals surface area contributed by atoms with Gasteiger partial charge in [0.2, 0.25) is 11.9 Å². The number of carbonyl (C=O) groups is 1. The second-order valence-electron chi connectivity index (χ2n) is 9.24. The lowest BCUT2D eigenvalue weighted by atomic mass is 10.2. The first-order valence-electron chi connectivity index (χ1n) is 12.3. The summed E-state index contributed by atoms with van der Waals surface area (Å²) in [6.07, 6.45) is 2.65. The van der Waals surface area contributed by atoms with Crippen LogP contribution in [0.3, 0.4) is 0 Å². The van der Waals surface area contributed by atoms with Crippen LogP contribution in [0.1, 0.15) is 5.69 Å². The lowest BCUT2D eigenvalue weighted by Crippen LogP contribution is -2.44. The molecule has 4 aromatic rings. The number of pyridine rings is 1. The zero-order valence-electron chi connectivity index (χ0n) is 21.2. The van der Waals surface area contributed by atoms with Crippen molar-refractivity contribution < 1.29 is 9.18 Å². The number of aryl methyl sites for hydroxylation is 1. The average Bonchev–Trinajstić information content (AvgIpc) is 2.89. The van der Waals surface area contributed by atoms with E-state index in [9.17, 15) is 9.59 Å². The summed E-state index contributed by atoms with van der Waals surface area (Å²) in [5.41, 5.74) is 3.16. The topological polar surface area (TPSA) is 95.4 Å². The molecule has 2 aromatic heterocycles. The maximum atomic E-state index is 15.0. The third-order valence-electron chi connectivity index (χ3n) is 6.54. The quantitative estimate of drug-likeness (QED) is 0.378. The zero-order chi connectivity index (χ0) is 26.8. The van der Waals surface area contributed by atoms with Crippen molar-refractivity contribution in [2.45, 2.75) is 6.92 Å². The molecule has 3 heterocycles. The van der Waals surface area contributed by atoms with Crippen molar-refractivity contribution in [2.24, 2.45) is 0 Å². The van der Waals surface area contributed by atoms with Crippen LogP contribution in [0.15, 0.2) is 72.2 Å². The molecule has 0 radical (unpaired) electrons. The van der Waals surface area contributed by atoms with Gasteiger partial charge in [-0.05, 0) is 56.4 Å². The van der Waals surface area contributed by atoms with Crippen molar-refractivity contribution in [1.82, 2.24) is 19.4 Å². The number of halogens is 1. The smallest absolute Gasteiger partial charge is 0.247 e. The van der Waals surface area contributed by atoms with Crippen LogP contribution in [0.5, 0.6) is 0 Å². The minimum atomic E-state index is -0.330. The predicted molar refractivity (Wildman–Crippen MR) is 148 cm³/mol. The second-order valence-corrected chi connectivity index (χ2v) is 9.24. The van der Waals surface area contributed by atoms with Crippen LogP contribution in [0.2, 0.25) is 0 Å². The summed E-state index contributed by atoms with van der Waals surface area (Å²) >= 11 is 0. The highest BCUT2D eigenvalue weighted by Crippen LogP contribution is 2.26. The number of nitrogens with zero attached hydrogens (tertiary/aromatic N) is 5. The van der Waals surface area contributed by atoms with Gasteiger partial charge in [0.1, 0.15) is 5.82 Å². The highest BCUT2D eigenvalue weighted by atomic mass is 19.1. The minimum Gasteiger partial charge on any atom is -0.367 e. The summed E-state index contributed by atoms with van der Waals surface area (Å²) in [6.45, 7) is 8.58. The first-order valence-corrected chi connectivity index (χ1v) is 12.3. The summed E-state index contributed by atoms with van der Waals surface area (Å²) in [7, 11) is 2.06. The molecule has 5 rings (SSSR count). The largest absolute Gasteiger partial charge is 0.367 e. The molecule has 0 atom stereocenters. The van der Waals surface area contributed by atoms with Crippen molar-refractivity contribution in [3.05, 3.63) is 89.1 Å². The summed E-state index contributed by atoms with van der Waals surface area (Å²) in [4.78, 5) is 37.7. The van der Waals surface area contributed by atoms with Crippen molar-refractivity contribution in [3.8, 4) is 5.69 Å². The molecule has 10 heteroatoms. The van der Waals surface area contributed by atoms with Gasteiger partial charge in [0.15, 0.2) is 11.1 Å². The van der Waals surface area contributed by atoms with Gasteiger partial charge in [-0.3, -0.25) is 14.2 Å². The van der Waals surface area contributed by atoms with E-state index in [0.717, 1.165) is 26.2 Å². The van der Waals surface area contributed by atoms with Gasteiger partial charge in [0.05, 0.1) is 11.1 Å². The normalized spacial score (nSPS) is 13.9. The Hall–Kier alpha value is -4.57. The Morgan fingerprint density at radius 1 is 1.08 bits per heavy atom. The third-order valence-corrected chi connectivity index (χ3v) is 6.54. The molecule has 194 valence electrons. The maximum absolute atomic E-state index is 15.0. The molecular formula is C28H28FN7O2. The van der Waals surface area contributed by atoms with Gasteiger partial charge in [-0.2, -0.15) is 4.98 Å². The Morgan fingerprint density at radius 3 is 2.61 bits per heavy atom. The SMILES string of the molecule is C=CC(=O)Nc1cccc(-n2c(C)cc(=O)c3cnc(Nc4ccc(N5CCN(C)CC5)c(F)c4)nc32)c1.